The molecule has 2 aromatic rings. The first-order chi connectivity index (χ1) is 8.50. The number of aryl methyl sites for hydroxylation is 1. The van der Waals surface area contributed by atoms with Crippen molar-refractivity contribution in [3.63, 3.8) is 0 Å². The van der Waals surface area contributed by atoms with E-state index in [0.717, 1.165) is 5.56 Å². The van der Waals surface area contributed by atoms with Crippen molar-refractivity contribution < 1.29 is 8.42 Å². The number of hydrogen-bond donors (Lipinski definition) is 1. The Morgan fingerprint density at radius 2 is 2.00 bits per heavy atom. The summed E-state index contributed by atoms with van der Waals surface area (Å²) in [6.07, 6.45) is 4.60. The Kier molecular flexibility index (Phi) is 3.44. The third kappa shape index (κ3) is 2.57. The van der Waals surface area contributed by atoms with E-state index in [-0.39, 0.29) is 5.03 Å². The molecule has 0 fully saturated rings. The number of imidazole rings is 1. The van der Waals surface area contributed by atoms with Crippen molar-refractivity contribution in [1.82, 2.24) is 19.3 Å². The van der Waals surface area contributed by atoms with Gasteiger partial charge in [-0.05, 0) is 24.6 Å². The van der Waals surface area contributed by atoms with Crippen LogP contribution in [-0.2, 0) is 16.6 Å². The van der Waals surface area contributed by atoms with Gasteiger partial charge < -0.3 is 4.98 Å². The van der Waals surface area contributed by atoms with Crippen molar-refractivity contribution in [2.24, 2.45) is 0 Å². The number of nitrogens with one attached hydrogen (secondary N) is 1. The Hall–Kier alpha value is -1.73. The fourth-order valence-electron chi connectivity index (χ4n) is 1.53. The Labute approximate surface area is 106 Å². The third-order valence-electron chi connectivity index (χ3n) is 2.52. The normalized spacial score (nSPS) is 11.9. The average molecular weight is 266 g/mol. The summed E-state index contributed by atoms with van der Waals surface area (Å²) in [5.41, 5.74) is 0.882. The molecule has 2 aromatic heterocycles. The number of aromatic nitrogens is 3. The quantitative estimate of drug-likeness (QED) is 0.893. The van der Waals surface area contributed by atoms with Crippen molar-refractivity contribution in [2.45, 2.75) is 18.5 Å². The maximum Gasteiger partial charge on any atom is 0.260 e. The molecule has 2 heterocycles. The number of rotatable bonds is 4. The lowest BCUT2D eigenvalue weighted by atomic mass is 10.3. The van der Waals surface area contributed by atoms with Crippen LogP contribution in [0.2, 0.25) is 0 Å². The monoisotopic (exact) mass is 266 g/mol. The van der Waals surface area contributed by atoms with Gasteiger partial charge in [-0.25, -0.2) is 13.4 Å². The van der Waals surface area contributed by atoms with E-state index in [0.29, 0.717) is 12.4 Å². The molecule has 0 aliphatic carbocycles. The largest absolute Gasteiger partial charge is 0.332 e. The number of nitrogens with zero attached hydrogens (tertiary/aromatic N) is 3. The van der Waals surface area contributed by atoms with Crippen LogP contribution in [0.3, 0.4) is 0 Å². The molecule has 7 heteroatoms. The second-order valence-corrected chi connectivity index (χ2v) is 5.96. The van der Waals surface area contributed by atoms with Gasteiger partial charge in [-0.2, -0.15) is 4.31 Å². The number of H-pyrrole nitrogens is 1. The Balaban J connectivity index is 2.21. The predicted octanol–water partition coefficient (Wildman–Crippen LogP) is 0.934. The minimum absolute atomic E-state index is 0.108. The van der Waals surface area contributed by atoms with Gasteiger partial charge in [-0.3, -0.25) is 4.98 Å². The van der Waals surface area contributed by atoms with E-state index in [1.165, 1.54) is 17.5 Å². The van der Waals surface area contributed by atoms with E-state index < -0.39 is 10.0 Å². The maximum absolute atomic E-state index is 12.2. The van der Waals surface area contributed by atoms with Crippen molar-refractivity contribution in [1.29, 1.82) is 0 Å². The zero-order valence-corrected chi connectivity index (χ0v) is 11.0. The standard InChI is InChI=1S/C11H14N4O2S/c1-9-13-7-11(14-9)18(16,17)15(2)8-10-3-5-12-6-4-10/h3-7H,8H2,1-2H3,(H,13,14). The van der Waals surface area contributed by atoms with Crippen LogP contribution in [0.5, 0.6) is 0 Å². The van der Waals surface area contributed by atoms with Crippen LogP contribution in [0.15, 0.2) is 35.7 Å². The molecule has 0 amide bonds. The molecule has 96 valence electrons. The van der Waals surface area contributed by atoms with E-state index in [1.807, 2.05) is 0 Å². The zero-order chi connectivity index (χ0) is 13.2. The summed E-state index contributed by atoms with van der Waals surface area (Å²) in [6.45, 7) is 2.00. The van der Waals surface area contributed by atoms with E-state index in [2.05, 4.69) is 15.0 Å². The first-order valence-electron chi connectivity index (χ1n) is 5.37. The molecule has 0 saturated heterocycles. The molecule has 0 radical (unpaired) electrons. The molecule has 0 aliphatic heterocycles. The fraction of sp³-hybridized carbons (Fsp3) is 0.273. The Morgan fingerprint density at radius 1 is 1.33 bits per heavy atom. The van der Waals surface area contributed by atoms with Gasteiger partial charge in [0.25, 0.3) is 10.0 Å². The SMILES string of the molecule is Cc1ncc(S(=O)(=O)N(C)Cc2ccncc2)[nH]1. The van der Waals surface area contributed by atoms with Crippen molar-refractivity contribution in [3.05, 3.63) is 42.1 Å². The smallest absolute Gasteiger partial charge is 0.260 e. The minimum Gasteiger partial charge on any atom is -0.332 e. The van der Waals surface area contributed by atoms with Gasteiger partial charge in [0, 0.05) is 26.0 Å². The third-order valence-corrected chi connectivity index (χ3v) is 4.24. The lowest BCUT2D eigenvalue weighted by Gasteiger charge is -2.15. The summed E-state index contributed by atoms with van der Waals surface area (Å²) in [7, 11) is -1.99. The van der Waals surface area contributed by atoms with Crippen molar-refractivity contribution >= 4 is 10.0 Å². The first kappa shape index (κ1) is 12.7. The molecule has 0 aliphatic rings. The predicted molar refractivity (Wildman–Crippen MR) is 66.2 cm³/mol. The van der Waals surface area contributed by atoms with Gasteiger partial charge >= 0.3 is 0 Å². The van der Waals surface area contributed by atoms with E-state index in [4.69, 9.17) is 0 Å². The van der Waals surface area contributed by atoms with Crippen LogP contribution >= 0.6 is 0 Å². The van der Waals surface area contributed by atoms with Crippen LogP contribution in [-0.4, -0.2) is 34.7 Å². The lowest BCUT2D eigenvalue weighted by molar-refractivity contribution is 0.464. The number of hydrogen-bond acceptors (Lipinski definition) is 4. The topological polar surface area (TPSA) is 79.0 Å². The summed E-state index contributed by atoms with van der Waals surface area (Å²) in [5, 5.41) is 0.108. The summed E-state index contributed by atoms with van der Waals surface area (Å²) < 4.78 is 25.7. The molecule has 1 N–H and O–H groups in total. The van der Waals surface area contributed by atoms with E-state index in [1.54, 1.807) is 31.5 Å². The highest BCUT2D eigenvalue weighted by Crippen LogP contribution is 2.14. The maximum atomic E-state index is 12.2. The van der Waals surface area contributed by atoms with Gasteiger partial charge in [0.05, 0.1) is 6.20 Å². The number of sulfonamides is 1. The van der Waals surface area contributed by atoms with Gasteiger partial charge in [-0.1, -0.05) is 0 Å². The molecule has 0 spiro atoms. The van der Waals surface area contributed by atoms with Crippen LogP contribution < -0.4 is 0 Å². The zero-order valence-electron chi connectivity index (χ0n) is 10.2. The van der Waals surface area contributed by atoms with E-state index in [9.17, 15) is 8.42 Å². The molecule has 0 saturated carbocycles. The summed E-state index contributed by atoms with van der Waals surface area (Å²) >= 11 is 0. The molecule has 0 atom stereocenters. The van der Waals surface area contributed by atoms with Gasteiger partial charge in [0.1, 0.15) is 5.82 Å². The van der Waals surface area contributed by atoms with Crippen LogP contribution in [0, 0.1) is 6.92 Å². The van der Waals surface area contributed by atoms with Gasteiger partial charge in [-0.15, -0.1) is 0 Å². The lowest BCUT2D eigenvalue weighted by Crippen LogP contribution is -2.26. The summed E-state index contributed by atoms with van der Waals surface area (Å²) in [4.78, 5) is 10.5. The summed E-state index contributed by atoms with van der Waals surface area (Å²) in [5.74, 6) is 0.575. The highest BCUT2D eigenvalue weighted by molar-refractivity contribution is 7.89. The van der Waals surface area contributed by atoms with Crippen molar-refractivity contribution in [2.75, 3.05) is 7.05 Å². The van der Waals surface area contributed by atoms with Crippen molar-refractivity contribution in [3.8, 4) is 0 Å². The molecular weight excluding hydrogens is 252 g/mol. The molecule has 6 nitrogen and oxygen atoms in total. The number of aromatic amines is 1. The highest BCUT2D eigenvalue weighted by atomic mass is 32.2. The van der Waals surface area contributed by atoms with Crippen LogP contribution in [0.1, 0.15) is 11.4 Å². The molecule has 18 heavy (non-hydrogen) atoms. The fourth-order valence-corrected chi connectivity index (χ4v) is 2.64. The Bertz CT molecular complexity index is 622. The Morgan fingerprint density at radius 3 is 2.56 bits per heavy atom. The number of pyridine rings is 1. The molecule has 2 rings (SSSR count). The van der Waals surface area contributed by atoms with E-state index >= 15 is 0 Å². The van der Waals surface area contributed by atoms with Gasteiger partial charge in [0.15, 0.2) is 5.03 Å². The minimum atomic E-state index is -3.52. The summed E-state index contributed by atoms with van der Waals surface area (Å²) in [6, 6.07) is 3.56. The molecule has 0 bridgehead atoms. The highest BCUT2D eigenvalue weighted by Gasteiger charge is 2.22. The average Bonchev–Trinajstić information content (AvgIpc) is 2.78. The van der Waals surface area contributed by atoms with Crippen LogP contribution in [0.4, 0.5) is 0 Å². The molecule has 0 aromatic carbocycles. The first-order valence-corrected chi connectivity index (χ1v) is 6.81. The second kappa shape index (κ2) is 4.87. The van der Waals surface area contributed by atoms with Gasteiger partial charge in [0.2, 0.25) is 0 Å². The second-order valence-electron chi connectivity index (χ2n) is 3.95. The molecular formula is C11H14N4O2S. The van der Waals surface area contributed by atoms with Crippen LogP contribution in [0.25, 0.3) is 0 Å². The molecule has 0 unspecified atom stereocenters.